The van der Waals surface area contributed by atoms with E-state index in [0.29, 0.717) is 41.2 Å². The van der Waals surface area contributed by atoms with E-state index in [4.69, 9.17) is 0 Å². The highest BCUT2D eigenvalue weighted by molar-refractivity contribution is 7.16. The minimum atomic E-state index is -0.430. The summed E-state index contributed by atoms with van der Waals surface area (Å²) in [5.41, 5.74) is 5.33. The minimum absolute atomic E-state index is 0.0207. The lowest BCUT2D eigenvalue weighted by Gasteiger charge is -2.15. The van der Waals surface area contributed by atoms with Gasteiger partial charge in [0.15, 0.2) is 11.5 Å². The van der Waals surface area contributed by atoms with Crippen LogP contribution in [0.2, 0.25) is 0 Å². The molecule has 6 rings (SSSR count). The quantitative estimate of drug-likeness (QED) is 0.261. The molecule has 0 unspecified atom stereocenters. The second-order valence-electron chi connectivity index (χ2n) is 9.30. The number of H-pyrrole nitrogens is 1. The van der Waals surface area contributed by atoms with Crippen molar-refractivity contribution in [3.8, 4) is 11.1 Å². The van der Waals surface area contributed by atoms with E-state index < -0.39 is 5.82 Å². The fourth-order valence-electron chi connectivity index (χ4n) is 4.83. The Bertz CT molecular complexity index is 1730. The summed E-state index contributed by atoms with van der Waals surface area (Å²) < 4.78 is 16.2. The molecule has 0 radical (unpaired) electrons. The Hall–Kier alpha value is -4.64. The van der Waals surface area contributed by atoms with Crippen LogP contribution in [0.3, 0.4) is 0 Å². The number of carbonyl (C=O) groups excluding carboxylic acids is 2. The number of fused-ring (bicyclic) bond motifs is 2. The number of amides is 2. The molecule has 39 heavy (non-hydrogen) atoms. The zero-order valence-electron chi connectivity index (χ0n) is 20.8. The molecular weight excluding hydrogens is 517 g/mol. The van der Waals surface area contributed by atoms with Crippen LogP contribution in [-0.2, 0) is 11.3 Å². The Morgan fingerprint density at radius 3 is 2.95 bits per heavy atom. The monoisotopic (exact) mass is 541 g/mol. The number of hydrogen-bond acceptors (Lipinski definition) is 7. The summed E-state index contributed by atoms with van der Waals surface area (Å²) in [6.45, 7) is 4.79. The first-order chi connectivity index (χ1) is 19.0. The third-order valence-corrected chi connectivity index (χ3v) is 7.68. The van der Waals surface area contributed by atoms with Crippen LogP contribution in [-0.4, -0.2) is 56.0 Å². The van der Waals surface area contributed by atoms with E-state index >= 15 is 4.39 Å². The van der Waals surface area contributed by atoms with Crippen LogP contribution in [0.1, 0.15) is 22.3 Å². The van der Waals surface area contributed by atoms with E-state index in [0.717, 1.165) is 27.6 Å². The van der Waals surface area contributed by atoms with Crippen molar-refractivity contribution in [3.05, 3.63) is 83.8 Å². The molecule has 0 spiro atoms. The third kappa shape index (κ3) is 4.84. The topological polar surface area (TPSA) is 116 Å². The molecule has 5 aromatic rings. The molecular formula is C28H24FN7O2S. The second kappa shape index (κ2) is 10.3. The van der Waals surface area contributed by atoms with E-state index in [1.807, 2.05) is 18.2 Å². The number of rotatable bonds is 7. The Labute approximate surface area is 226 Å². The van der Waals surface area contributed by atoms with Crippen LogP contribution >= 0.6 is 11.3 Å². The van der Waals surface area contributed by atoms with Gasteiger partial charge in [0.2, 0.25) is 5.91 Å². The number of anilines is 1. The number of pyridine rings is 1. The molecule has 9 nitrogen and oxygen atoms in total. The molecule has 1 atom stereocenters. The molecule has 2 aromatic carbocycles. The second-order valence-corrected chi connectivity index (χ2v) is 10.2. The average Bonchev–Trinajstić information content (AvgIpc) is 3.71. The van der Waals surface area contributed by atoms with Gasteiger partial charge in [-0.3, -0.25) is 14.7 Å². The van der Waals surface area contributed by atoms with Crippen LogP contribution in [0.25, 0.3) is 32.4 Å². The van der Waals surface area contributed by atoms with Gasteiger partial charge >= 0.3 is 0 Å². The van der Waals surface area contributed by atoms with Crippen molar-refractivity contribution in [1.82, 2.24) is 30.4 Å². The van der Waals surface area contributed by atoms with E-state index in [1.165, 1.54) is 23.5 Å². The highest BCUT2D eigenvalue weighted by Gasteiger charge is 2.26. The SMILES string of the molecule is C=CC(=O)N1CC[C@@H](Nc2n[nH]c3nccc(-c4ccc(CNC(=O)c5ccc6scnc6c5)c(F)c4)c23)C1. The van der Waals surface area contributed by atoms with Crippen molar-refractivity contribution in [2.75, 3.05) is 18.4 Å². The van der Waals surface area contributed by atoms with Gasteiger partial charge in [-0.05, 0) is 54.0 Å². The number of aromatic nitrogens is 4. The van der Waals surface area contributed by atoms with Crippen LogP contribution < -0.4 is 10.6 Å². The molecule has 3 aromatic heterocycles. The van der Waals surface area contributed by atoms with Crippen molar-refractivity contribution >= 4 is 50.2 Å². The molecule has 1 fully saturated rings. The Morgan fingerprint density at radius 1 is 1.21 bits per heavy atom. The predicted molar refractivity (Wildman–Crippen MR) is 149 cm³/mol. The first-order valence-electron chi connectivity index (χ1n) is 12.4. The summed E-state index contributed by atoms with van der Waals surface area (Å²) in [5, 5.41) is 14.3. The number of hydrogen-bond donors (Lipinski definition) is 3. The first kappa shape index (κ1) is 24.7. The molecule has 1 aliphatic rings. The maximum Gasteiger partial charge on any atom is 0.251 e. The van der Waals surface area contributed by atoms with Crippen LogP contribution in [0, 0.1) is 5.82 Å². The van der Waals surface area contributed by atoms with Crippen LogP contribution in [0.15, 0.2) is 66.8 Å². The maximum absolute atomic E-state index is 15.2. The van der Waals surface area contributed by atoms with E-state index in [1.54, 1.807) is 34.8 Å². The molecule has 0 aliphatic carbocycles. The van der Waals surface area contributed by atoms with Gasteiger partial charge in [-0.25, -0.2) is 14.4 Å². The molecule has 4 heterocycles. The lowest BCUT2D eigenvalue weighted by atomic mass is 10.0. The van der Waals surface area contributed by atoms with E-state index in [2.05, 4.69) is 37.4 Å². The number of thiazole rings is 1. The van der Waals surface area contributed by atoms with Gasteiger partial charge in [-0.15, -0.1) is 11.3 Å². The maximum atomic E-state index is 15.2. The lowest BCUT2D eigenvalue weighted by molar-refractivity contribution is -0.125. The number of likely N-dealkylation sites (tertiary alicyclic amines) is 1. The van der Waals surface area contributed by atoms with Crippen molar-refractivity contribution in [2.24, 2.45) is 0 Å². The van der Waals surface area contributed by atoms with Gasteiger partial charge in [-0.2, -0.15) is 5.10 Å². The van der Waals surface area contributed by atoms with Crippen molar-refractivity contribution in [3.63, 3.8) is 0 Å². The zero-order chi connectivity index (χ0) is 26.9. The predicted octanol–water partition coefficient (Wildman–Crippen LogP) is 4.50. The van der Waals surface area contributed by atoms with Gasteiger partial charge in [0.25, 0.3) is 5.91 Å². The largest absolute Gasteiger partial charge is 0.363 e. The van der Waals surface area contributed by atoms with Gasteiger partial charge in [0.1, 0.15) is 5.82 Å². The van der Waals surface area contributed by atoms with Crippen LogP contribution in [0.4, 0.5) is 10.2 Å². The first-order valence-corrected chi connectivity index (χ1v) is 13.3. The molecule has 1 aliphatic heterocycles. The average molecular weight is 542 g/mol. The fraction of sp³-hybridized carbons (Fsp3) is 0.179. The summed E-state index contributed by atoms with van der Waals surface area (Å²) in [4.78, 5) is 35.0. The molecule has 1 saturated heterocycles. The normalized spacial score (nSPS) is 15.1. The van der Waals surface area contributed by atoms with Crippen molar-refractivity contribution < 1.29 is 14.0 Å². The lowest BCUT2D eigenvalue weighted by Crippen LogP contribution is -2.30. The number of carbonyl (C=O) groups is 2. The van der Waals surface area contributed by atoms with Crippen molar-refractivity contribution in [1.29, 1.82) is 0 Å². The fourth-order valence-corrected chi connectivity index (χ4v) is 5.49. The number of halogens is 1. The molecule has 0 bridgehead atoms. The molecule has 3 N–H and O–H groups in total. The minimum Gasteiger partial charge on any atom is -0.363 e. The number of aromatic amines is 1. The summed E-state index contributed by atoms with van der Waals surface area (Å²) in [7, 11) is 0. The molecule has 0 saturated carbocycles. The van der Waals surface area contributed by atoms with Crippen LogP contribution in [0.5, 0.6) is 0 Å². The Kier molecular flexibility index (Phi) is 6.49. The highest BCUT2D eigenvalue weighted by Crippen LogP contribution is 2.33. The standard InChI is InChI=1S/C28H24FN7O2S/c1-2-24(37)36-10-8-19(14-36)33-27-25-20(7-9-30-26(25)34-35-27)16-3-4-18(21(29)11-16)13-31-28(38)17-5-6-23-22(12-17)32-15-39-23/h2-7,9,11-12,15,19H,1,8,10,13-14H2,(H,31,38)(H2,30,33,34,35)/t19-/m1/s1. The molecule has 11 heteroatoms. The van der Waals surface area contributed by atoms with E-state index in [-0.39, 0.29) is 24.4 Å². The Balaban J connectivity index is 1.20. The van der Waals surface area contributed by atoms with Gasteiger partial charge in [0.05, 0.1) is 21.1 Å². The number of nitrogens with one attached hydrogen (secondary N) is 3. The smallest absolute Gasteiger partial charge is 0.251 e. The number of nitrogens with zero attached hydrogens (tertiary/aromatic N) is 4. The van der Waals surface area contributed by atoms with Gasteiger partial charge < -0.3 is 15.5 Å². The summed E-state index contributed by atoms with van der Waals surface area (Å²) in [6.07, 6.45) is 3.74. The van der Waals surface area contributed by atoms with Crippen molar-refractivity contribution in [2.45, 2.75) is 19.0 Å². The third-order valence-electron chi connectivity index (χ3n) is 6.87. The number of benzene rings is 2. The highest BCUT2D eigenvalue weighted by atomic mass is 32.1. The van der Waals surface area contributed by atoms with E-state index in [9.17, 15) is 9.59 Å². The van der Waals surface area contributed by atoms with Gasteiger partial charge in [0, 0.05) is 43.0 Å². The molecule has 196 valence electrons. The molecule has 2 amide bonds. The summed E-state index contributed by atoms with van der Waals surface area (Å²) in [6, 6.07) is 12.1. The summed E-state index contributed by atoms with van der Waals surface area (Å²) >= 11 is 1.51. The summed E-state index contributed by atoms with van der Waals surface area (Å²) in [5.74, 6) is -0.223. The Morgan fingerprint density at radius 2 is 2.10 bits per heavy atom. The van der Waals surface area contributed by atoms with Gasteiger partial charge in [-0.1, -0.05) is 18.7 Å². The zero-order valence-corrected chi connectivity index (χ0v) is 21.6.